The molecule has 2 unspecified atom stereocenters. The number of rotatable bonds is 51. The Bertz CT molecular complexity index is 1200. The average molecular weight is 942 g/mol. The maximum Gasteiger partial charge on any atom is 0.306 e. The average Bonchev–Trinajstić information content (AvgIpc) is 3.77. The molecule has 0 spiro atoms. The summed E-state index contributed by atoms with van der Waals surface area (Å²) in [6, 6.07) is 5.96. The molecule has 1 aliphatic heterocycles. The Balaban J connectivity index is 1.59. The van der Waals surface area contributed by atoms with E-state index in [9.17, 15) is 4.79 Å². The first kappa shape index (κ1) is 61.0. The molecule has 0 bridgehead atoms. The highest BCUT2D eigenvalue weighted by Gasteiger charge is 2.36. The van der Waals surface area contributed by atoms with Crippen LogP contribution in [0.1, 0.15) is 289 Å². The quantitative estimate of drug-likeness (QED) is 0.0366. The fourth-order valence-electron chi connectivity index (χ4n) is 9.48. The van der Waals surface area contributed by atoms with Crippen molar-refractivity contribution in [3.05, 3.63) is 35.9 Å². The third-order valence-electron chi connectivity index (χ3n) is 14.0. The van der Waals surface area contributed by atoms with Crippen LogP contribution in [0.3, 0.4) is 0 Å². The molecular formula is C60H108O7. The Morgan fingerprint density at radius 1 is 0.478 bits per heavy atom. The van der Waals surface area contributed by atoms with Gasteiger partial charge < -0.3 is 28.4 Å². The smallest absolute Gasteiger partial charge is 0.306 e. The summed E-state index contributed by atoms with van der Waals surface area (Å²) < 4.78 is 34.9. The second kappa shape index (κ2) is 45.1. The van der Waals surface area contributed by atoms with Crippen molar-refractivity contribution in [2.24, 2.45) is 0 Å². The van der Waals surface area contributed by atoms with Crippen LogP contribution < -0.4 is 9.47 Å². The monoisotopic (exact) mass is 941 g/mol. The van der Waals surface area contributed by atoms with Gasteiger partial charge in [0.05, 0.1) is 19.6 Å². The fraction of sp³-hybridized carbons (Fsp3) is 0.850. The van der Waals surface area contributed by atoms with Gasteiger partial charge in [-0.15, -0.1) is 0 Å². The highest BCUT2D eigenvalue weighted by Crippen LogP contribution is 2.30. The van der Waals surface area contributed by atoms with Crippen LogP contribution in [-0.2, 0) is 30.3 Å². The Kier molecular flexibility index (Phi) is 41.1. The van der Waals surface area contributed by atoms with Crippen LogP contribution in [0, 0.1) is 0 Å². The number of esters is 1. The van der Waals surface area contributed by atoms with Gasteiger partial charge in [-0.05, 0) is 42.7 Å². The molecule has 1 aromatic carbocycles. The number of hydrogen-bond donors (Lipinski definition) is 0. The van der Waals surface area contributed by atoms with Crippen molar-refractivity contribution in [1.29, 1.82) is 0 Å². The van der Waals surface area contributed by atoms with Crippen molar-refractivity contribution in [2.75, 3.05) is 27.4 Å². The molecule has 0 aliphatic carbocycles. The summed E-state index contributed by atoms with van der Waals surface area (Å²) in [5.74, 6) is 0.264. The first-order valence-electron chi connectivity index (χ1n) is 29.0. The number of hydrogen-bond acceptors (Lipinski definition) is 7. The second-order valence-corrected chi connectivity index (χ2v) is 20.2. The number of benzene rings is 1. The van der Waals surface area contributed by atoms with Crippen molar-refractivity contribution < 1.29 is 33.2 Å². The number of ether oxygens (including phenoxy) is 6. The lowest BCUT2D eigenvalue weighted by atomic mass is 10.0. The molecular weight excluding hydrogens is 833 g/mol. The highest BCUT2D eigenvalue weighted by atomic mass is 16.8. The summed E-state index contributed by atoms with van der Waals surface area (Å²) in [7, 11) is 3.15. The lowest BCUT2D eigenvalue weighted by Crippen LogP contribution is -2.33. The molecule has 0 aromatic heterocycles. The zero-order chi connectivity index (χ0) is 48.0. The van der Waals surface area contributed by atoms with E-state index in [1.807, 2.05) is 24.3 Å². The number of carbonyl (C=O) groups excluding carboxylic acids is 1. The molecule has 0 saturated carbocycles. The SMILES string of the molecule is CCCCCCCCCCCCCCCCCCCCCCOc1cc(COC(=O)CCC2(OC)C=CC(OC)O2)cc(OCCCCCCCCCCCCCCCCCCCCCC)c1. The standard InChI is InChI=1S/C60H108O7/c1-5-7-9-11-13-15-17-19-21-23-25-27-29-31-33-35-37-39-41-43-49-64-56-51-55(54-66-58(61)45-47-60(63-4)48-46-59(62-3)67-60)52-57(53-56)65-50-44-42-40-38-36-34-32-30-28-26-24-22-20-18-16-14-12-10-8-6-2/h46,48,51-53,59H,5-45,47,49-50,54H2,1-4H3. The molecule has 2 rings (SSSR count). The van der Waals surface area contributed by atoms with Crippen LogP contribution in [0.25, 0.3) is 0 Å². The van der Waals surface area contributed by atoms with E-state index < -0.39 is 12.1 Å². The maximum absolute atomic E-state index is 12.8. The minimum absolute atomic E-state index is 0.155. The van der Waals surface area contributed by atoms with E-state index in [0.717, 1.165) is 29.9 Å². The van der Waals surface area contributed by atoms with Gasteiger partial charge in [-0.3, -0.25) is 4.79 Å². The Morgan fingerprint density at radius 2 is 0.806 bits per heavy atom. The summed E-state index contributed by atoms with van der Waals surface area (Å²) in [5.41, 5.74) is 0.866. The molecule has 0 fully saturated rings. The number of methoxy groups -OCH3 is 2. The van der Waals surface area contributed by atoms with Crippen molar-refractivity contribution >= 4 is 5.97 Å². The van der Waals surface area contributed by atoms with Gasteiger partial charge in [-0.1, -0.05) is 258 Å². The summed E-state index contributed by atoms with van der Waals surface area (Å²) in [6.45, 7) is 6.10. The van der Waals surface area contributed by atoms with E-state index in [0.29, 0.717) is 19.6 Å². The zero-order valence-electron chi connectivity index (χ0n) is 44.6. The molecule has 0 radical (unpaired) electrons. The van der Waals surface area contributed by atoms with Crippen molar-refractivity contribution in [3.8, 4) is 11.5 Å². The summed E-state index contributed by atoms with van der Waals surface area (Å²) >= 11 is 0. The molecule has 0 saturated heterocycles. The third-order valence-corrected chi connectivity index (χ3v) is 14.0. The van der Waals surface area contributed by atoms with Gasteiger partial charge in [0.15, 0.2) is 12.1 Å². The van der Waals surface area contributed by atoms with Crippen LogP contribution in [0.2, 0.25) is 0 Å². The molecule has 0 amide bonds. The summed E-state index contributed by atoms with van der Waals surface area (Å²) in [5, 5.41) is 0. The van der Waals surface area contributed by atoms with E-state index in [1.165, 1.54) is 244 Å². The molecule has 67 heavy (non-hydrogen) atoms. The van der Waals surface area contributed by atoms with E-state index in [-0.39, 0.29) is 19.0 Å². The first-order chi connectivity index (χ1) is 33.0. The molecule has 390 valence electrons. The molecule has 0 N–H and O–H groups in total. The van der Waals surface area contributed by atoms with Gasteiger partial charge in [0.2, 0.25) is 0 Å². The van der Waals surface area contributed by atoms with Crippen LogP contribution in [0.4, 0.5) is 0 Å². The maximum atomic E-state index is 12.8. The molecule has 7 heteroatoms. The van der Waals surface area contributed by atoms with E-state index in [4.69, 9.17) is 28.4 Å². The summed E-state index contributed by atoms with van der Waals surface area (Å²) in [6.07, 6.45) is 58.6. The lowest BCUT2D eigenvalue weighted by Gasteiger charge is -2.26. The third kappa shape index (κ3) is 35.6. The lowest BCUT2D eigenvalue weighted by molar-refractivity contribution is -0.245. The van der Waals surface area contributed by atoms with Gasteiger partial charge >= 0.3 is 5.97 Å². The van der Waals surface area contributed by atoms with E-state index in [1.54, 1.807) is 20.3 Å². The minimum atomic E-state index is -0.980. The van der Waals surface area contributed by atoms with E-state index >= 15 is 0 Å². The van der Waals surface area contributed by atoms with Crippen LogP contribution >= 0.6 is 0 Å². The van der Waals surface area contributed by atoms with Gasteiger partial charge in [-0.2, -0.15) is 0 Å². The van der Waals surface area contributed by atoms with E-state index in [2.05, 4.69) is 13.8 Å². The highest BCUT2D eigenvalue weighted by molar-refractivity contribution is 5.69. The number of carbonyl (C=O) groups is 1. The molecule has 1 aliphatic rings. The van der Waals surface area contributed by atoms with Gasteiger partial charge in [0.1, 0.15) is 18.1 Å². The Labute approximate surface area is 414 Å². The Morgan fingerprint density at radius 3 is 1.10 bits per heavy atom. The summed E-state index contributed by atoms with van der Waals surface area (Å²) in [4.78, 5) is 12.8. The fourth-order valence-corrected chi connectivity index (χ4v) is 9.48. The van der Waals surface area contributed by atoms with Crippen LogP contribution in [0.15, 0.2) is 30.4 Å². The molecule has 7 nitrogen and oxygen atoms in total. The number of unbranched alkanes of at least 4 members (excludes halogenated alkanes) is 38. The van der Waals surface area contributed by atoms with Crippen molar-refractivity contribution in [1.82, 2.24) is 0 Å². The van der Waals surface area contributed by atoms with Gasteiger partial charge in [0.25, 0.3) is 0 Å². The van der Waals surface area contributed by atoms with Gasteiger partial charge in [-0.25, -0.2) is 0 Å². The predicted octanol–water partition coefficient (Wildman–Crippen LogP) is 18.8. The minimum Gasteiger partial charge on any atom is -0.493 e. The molecule has 1 aromatic rings. The predicted molar refractivity (Wildman–Crippen MR) is 283 cm³/mol. The normalized spacial score (nSPS) is 15.7. The largest absolute Gasteiger partial charge is 0.493 e. The Hall–Kier alpha value is -2.09. The molecule has 2 atom stereocenters. The second-order valence-electron chi connectivity index (χ2n) is 20.2. The zero-order valence-corrected chi connectivity index (χ0v) is 44.6. The van der Waals surface area contributed by atoms with Crippen molar-refractivity contribution in [2.45, 2.75) is 302 Å². The molecule has 1 heterocycles. The first-order valence-corrected chi connectivity index (χ1v) is 29.0. The van der Waals surface area contributed by atoms with Crippen molar-refractivity contribution in [3.63, 3.8) is 0 Å². The van der Waals surface area contributed by atoms with Crippen LogP contribution in [0.5, 0.6) is 11.5 Å². The topological polar surface area (TPSA) is 72.5 Å². The van der Waals surface area contributed by atoms with Crippen LogP contribution in [-0.4, -0.2) is 45.5 Å². The van der Waals surface area contributed by atoms with Gasteiger partial charge in [0, 0.05) is 26.7 Å².